The molecule has 0 saturated heterocycles. The Morgan fingerprint density at radius 2 is 1.76 bits per heavy atom. The van der Waals surface area contributed by atoms with Crippen molar-refractivity contribution in [1.82, 2.24) is 0 Å². The normalized spacial score (nSPS) is 11.1. The van der Waals surface area contributed by atoms with E-state index in [0.29, 0.717) is 17.2 Å². The van der Waals surface area contributed by atoms with Crippen LogP contribution in [0.3, 0.4) is 0 Å². The van der Waals surface area contributed by atoms with E-state index in [4.69, 9.17) is 4.74 Å². The third-order valence-electron chi connectivity index (χ3n) is 2.73. The summed E-state index contributed by atoms with van der Waals surface area (Å²) in [6.45, 7) is 11.9. The first-order valence-electron chi connectivity index (χ1n) is 6.15. The van der Waals surface area contributed by atoms with Gasteiger partial charge in [-0.25, -0.2) is 0 Å². The van der Waals surface area contributed by atoms with E-state index in [2.05, 4.69) is 20.8 Å². The van der Waals surface area contributed by atoms with Gasteiger partial charge in [-0.2, -0.15) is 0 Å². The Hall–Kier alpha value is -1.31. The van der Waals surface area contributed by atoms with Gasteiger partial charge in [0.2, 0.25) is 0 Å². The van der Waals surface area contributed by atoms with Crippen LogP contribution in [-0.2, 0) is 0 Å². The first-order valence-corrected chi connectivity index (χ1v) is 6.15. The Bertz CT molecular complexity index is 417. The van der Waals surface area contributed by atoms with E-state index < -0.39 is 0 Å². The predicted molar refractivity (Wildman–Crippen MR) is 71.0 cm³/mol. The molecule has 0 N–H and O–H groups in total. The molecular weight excluding hydrogens is 212 g/mol. The van der Waals surface area contributed by atoms with Gasteiger partial charge in [0, 0.05) is 0 Å². The van der Waals surface area contributed by atoms with Gasteiger partial charge in [0.05, 0.1) is 11.7 Å². The van der Waals surface area contributed by atoms with Crippen LogP contribution in [0.2, 0.25) is 0 Å². The maximum absolute atomic E-state index is 11.7. The molecular formula is C15H22O2. The molecule has 0 bridgehead atoms. The Morgan fingerprint density at radius 3 is 2.18 bits per heavy atom. The lowest BCUT2D eigenvalue weighted by molar-refractivity contribution is 0.101. The molecule has 2 heteroatoms. The van der Waals surface area contributed by atoms with Crippen molar-refractivity contribution < 1.29 is 9.53 Å². The molecule has 0 aromatic heterocycles. The zero-order chi connectivity index (χ0) is 13.2. The summed E-state index contributed by atoms with van der Waals surface area (Å²) >= 11 is 0. The van der Waals surface area contributed by atoms with Gasteiger partial charge in [-0.3, -0.25) is 4.79 Å². The highest BCUT2D eigenvalue weighted by Crippen LogP contribution is 2.29. The fourth-order valence-corrected chi connectivity index (χ4v) is 1.95. The Kier molecular flexibility index (Phi) is 4.33. The summed E-state index contributed by atoms with van der Waals surface area (Å²) in [5, 5.41) is 0. The Labute approximate surface area is 104 Å². The van der Waals surface area contributed by atoms with Gasteiger partial charge in [0.15, 0.2) is 5.78 Å². The maximum atomic E-state index is 11.7. The van der Waals surface area contributed by atoms with E-state index in [1.54, 1.807) is 6.92 Å². The van der Waals surface area contributed by atoms with Crippen LogP contribution in [0.4, 0.5) is 0 Å². The topological polar surface area (TPSA) is 26.3 Å². The van der Waals surface area contributed by atoms with Crippen LogP contribution in [-0.4, -0.2) is 11.9 Å². The van der Waals surface area contributed by atoms with E-state index in [9.17, 15) is 4.79 Å². The van der Waals surface area contributed by atoms with E-state index in [1.165, 1.54) is 11.1 Å². The number of aryl methyl sites for hydroxylation is 1. The standard InChI is InChI=1S/C15H22O2/c1-9(2)13-8-14(12(6)16)15(7-11(13)5)17-10(3)4/h7-10H,1-6H3. The Morgan fingerprint density at radius 1 is 1.18 bits per heavy atom. The molecule has 0 saturated carbocycles. The van der Waals surface area contributed by atoms with Gasteiger partial charge in [0.25, 0.3) is 0 Å². The lowest BCUT2D eigenvalue weighted by Gasteiger charge is -2.17. The number of rotatable bonds is 4. The molecule has 1 aromatic carbocycles. The molecule has 0 fully saturated rings. The fraction of sp³-hybridized carbons (Fsp3) is 0.533. The zero-order valence-corrected chi connectivity index (χ0v) is 11.6. The Balaban J connectivity index is 3.30. The van der Waals surface area contributed by atoms with Crippen LogP contribution in [0, 0.1) is 6.92 Å². The van der Waals surface area contributed by atoms with Gasteiger partial charge < -0.3 is 4.74 Å². The average Bonchev–Trinajstić information content (AvgIpc) is 2.15. The maximum Gasteiger partial charge on any atom is 0.163 e. The van der Waals surface area contributed by atoms with Crippen molar-refractivity contribution in [3.63, 3.8) is 0 Å². The summed E-state index contributed by atoms with van der Waals surface area (Å²) in [5.41, 5.74) is 3.08. The molecule has 17 heavy (non-hydrogen) atoms. The van der Waals surface area contributed by atoms with Crippen LogP contribution in [0.25, 0.3) is 0 Å². The molecule has 0 amide bonds. The first kappa shape index (κ1) is 13.8. The minimum atomic E-state index is 0.0579. The minimum absolute atomic E-state index is 0.0579. The van der Waals surface area contributed by atoms with Crippen LogP contribution in [0.5, 0.6) is 5.75 Å². The molecule has 0 heterocycles. The molecule has 1 rings (SSSR count). The number of ketones is 1. The second-order valence-corrected chi connectivity index (χ2v) is 5.08. The molecule has 2 nitrogen and oxygen atoms in total. The smallest absolute Gasteiger partial charge is 0.163 e. The lowest BCUT2D eigenvalue weighted by Crippen LogP contribution is -2.10. The van der Waals surface area contributed by atoms with Crippen LogP contribution in [0.1, 0.15) is 62.0 Å². The summed E-state index contributed by atoms with van der Waals surface area (Å²) in [7, 11) is 0. The highest BCUT2D eigenvalue weighted by molar-refractivity contribution is 5.97. The second kappa shape index (κ2) is 5.35. The summed E-state index contributed by atoms with van der Waals surface area (Å²) in [6, 6.07) is 3.95. The van der Waals surface area contributed by atoms with E-state index in [1.807, 2.05) is 26.0 Å². The minimum Gasteiger partial charge on any atom is -0.490 e. The van der Waals surface area contributed by atoms with Crippen molar-refractivity contribution in [2.45, 2.75) is 53.6 Å². The SMILES string of the molecule is CC(=O)c1cc(C(C)C)c(C)cc1OC(C)C. The molecule has 0 unspecified atom stereocenters. The van der Waals surface area contributed by atoms with Crippen molar-refractivity contribution in [3.05, 3.63) is 28.8 Å². The number of benzene rings is 1. The zero-order valence-electron chi connectivity index (χ0n) is 11.6. The third kappa shape index (κ3) is 3.32. The summed E-state index contributed by atoms with van der Waals surface area (Å²) < 4.78 is 5.70. The van der Waals surface area contributed by atoms with Crippen molar-refractivity contribution in [2.24, 2.45) is 0 Å². The molecule has 94 valence electrons. The van der Waals surface area contributed by atoms with Gasteiger partial charge in [-0.1, -0.05) is 13.8 Å². The highest BCUT2D eigenvalue weighted by Gasteiger charge is 2.14. The molecule has 1 aromatic rings. The lowest BCUT2D eigenvalue weighted by atomic mass is 9.94. The number of hydrogen-bond donors (Lipinski definition) is 0. The largest absolute Gasteiger partial charge is 0.490 e. The summed E-state index contributed by atoms with van der Waals surface area (Å²) in [5.74, 6) is 1.18. The van der Waals surface area contributed by atoms with Crippen LogP contribution in [0.15, 0.2) is 12.1 Å². The monoisotopic (exact) mass is 234 g/mol. The van der Waals surface area contributed by atoms with E-state index in [0.717, 1.165) is 0 Å². The molecule has 0 atom stereocenters. The van der Waals surface area contributed by atoms with Gasteiger partial charge >= 0.3 is 0 Å². The van der Waals surface area contributed by atoms with Gasteiger partial charge in [-0.05, 0) is 56.9 Å². The first-order chi connectivity index (χ1) is 7.82. The fourth-order valence-electron chi connectivity index (χ4n) is 1.95. The van der Waals surface area contributed by atoms with E-state index >= 15 is 0 Å². The number of carbonyl (C=O) groups is 1. The van der Waals surface area contributed by atoms with Gasteiger partial charge in [-0.15, -0.1) is 0 Å². The molecule has 0 aliphatic heterocycles. The number of ether oxygens (including phenoxy) is 1. The van der Waals surface area contributed by atoms with Crippen LogP contribution >= 0.6 is 0 Å². The van der Waals surface area contributed by atoms with Gasteiger partial charge in [0.1, 0.15) is 5.75 Å². The summed E-state index contributed by atoms with van der Waals surface area (Å²) in [4.78, 5) is 11.7. The number of hydrogen-bond acceptors (Lipinski definition) is 2. The summed E-state index contributed by atoms with van der Waals surface area (Å²) in [6.07, 6.45) is 0.0809. The second-order valence-electron chi connectivity index (χ2n) is 5.08. The number of carbonyl (C=O) groups excluding carboxylic acids is 1. The van der Waals surface area contributed by atoms with E-state index in [-0.39, 0.29) is 11.9 Å². The van der Waals surface area contributed by atoms with Crippen molar-refractivity contribution >= 4 is 5.78 Å². The third-order valence-corrected chi connectivity index (χ3v) is 2.73. The highest BCUT2D eigenvalue weighted by atomic mass is 16.5. The average molecular weight is 234 g/mol. The molecule has 0 radical (unpaired) electrons. The van der Waals surface area contributed by atoms with Crippen molar-refractivity contribution in [1.29, 1.82) is 0 Å². The quantitative estimate of drug-likeness (QED) is 0.733. The van der Waals surface area contributed by atoms with Crippen molar-refractivity contribution in [2.75, 3.05) is 0 Å². The number of Topliss-reactive ketones (excluding diaryl/α,β-unsaturated/α-hetero) is 1. The predicted octanol–water partition coefficient (Wildman–Crippen LogP) is 4.11. The molecule has 0 aliphatic carbocycles. The molecule has 0 aliphatic rings. The molecule has 0 spiro atoms. The van der Waals surface area contributed by atoms with Crippen molar-refractivity contribution in [3.8, 4) is 5.75 Å². The van der Waals surface area contributed by atoms with Crippen LogP contribution < -0.4 is 4.74 Å².